The van der Waals surface area contributed by atoms with E-state index in [1.807, 2.05) is 0 Å². The molecule has 2 rings (SSSR count). The van der Waals surface area contributed by atoms with Crippen LogP contribution in [-0.2, 0) is 21.4 Å². The Morgan fingerprint density at radius 3 is 2.95 bits per heavy atom. The van der Waals surface area contributed by atoms with E-state index in [0.29, 0.717) is 45.0 Å². The molecule has 1 aliphatic rings. The Labute approximate surface area is 119 Å². The van der Waals surface area contributed by atoms with Crippen molar-refractivity contribution in [1.82, 2.24) is 15.4 Å². The van der Waals surface area contributed by atoms with Gasteiger partial charge in [0.15, 0.2) is 5.89 Å². The Morgan fingerprint density at radius 2 is 2.25 bits per heavy atom. The van der Waals surface area contributed by atoms with Crippen molar-refractivity contribution in [2.45, 2.75) is 39.0 Å². The van der Waals surface area contributed by atoms with Gasteiger partial charge in [-0.3, -0.25) is 9.80 Å². The number of carbonyl (C=O) groups is 1. The lowest BCUT2D eigenvalue weighted by atomic mass is 9.94. The molecular formula is C14H23N3O3. The van der Waals surface area contributed by atoms with E-state index in [1.54, 1.807) is 11.2 Å². The van der Waals surface area contributed by atoms with Crippen LogP contribution in [0, 0.1) is 0 Å². The summed E-state index contributed by atoms with van der Waals surface area (Å²) in [4.78, 5) is 16.3. The van der Waals surface area contributed by atoms with Crippen LogP contribution in [0.5, 0.6) is 0 Å². The SMILES string of the molecule is CC(C)(C)c1cnc(CCC(=O)N2CCOCCN2)o1. The Bertz CT molecular complexity index is 443. The predicted octanol–water partition coefficient (Wildman–Crippen LogP) is 1.27. The van der Waals surface area contributed by atoms with Crippen LogP contribution in [0.3, 0.4) is 0 Å². The van der Waals surface area contributed by atoms with Crippen LogP contribution >= 0.6 is 0 Å². The minimum atomic E-state index is -0.0566. The molecule has 0 unspecified atom stereocenters. The number of oxazole rings is 1. The molecular weight excluding hydrogens is 258 g/mol. The number of aromatic nitrogens is 1. The molecule has 112 valence electrons. The largest absolute Gasteiger partial charge is 0.445 e. The molecule has 0 bridgehead atoms. The summed E-state index contributed by atoms with van der Waals surface area (Å²) in [6.45, 7) is 8.68. The van der Waals surface area contributed by atoms with E-state index in [4.69, 9.17) is 9.15 Å². The number of amides is 1. The highest BCUT2D eigenvalue weighted by Crippen LogP contribution is 2.23. The smallest absolute Gasteiger partial charge is 0.237 e. The monoisotopic (exact) mass is 281 g/mol. The Hall–Kier alpha value is -1.40. The van der Waals surface area contributed by atoms with Gasteiger partial charge in [-0.2, -0.15) is 0 Å². The Kier molecular flexibility index (Phi) is 4.77. The molecule has 0 aromatic carbocycles. The number of rotatable bonds is 3. The number of hydrazine groups is 1. The number of nitrogens with one attached hydrogen (secondary N) is 1. The third-order valence-corrected chi connectivity index (χ3v) is 3.15. The summed E-state index contributed by atoms with van der Waals surface area (Å²) in [7, 11) is 0. The molecule has 6 heteroatoms. The van der Waals surface area contributed by atoms with Crippen molar-refractivity contribution in [2.75, 3.05) is 26.3 Å². The summed E-state index contributed by atoms with van der Waals surface area (Å²) < 4.78 is 11.0. The van der Waals surface area contributed by atoms with Crippen LogP contribution in [0.4, 0.5) is 0 Å². The van der Waals surface area contributed by atoms with Crippen molar-refractivity contribution in [2.24, 2.45) is 0 Å². The fourth-order valence-electron chi connectivity index (χ4n) is 1.92. The summed E-state index contributed by atoms with van der Waals surface area (Å²) in [5.74, 6) is 1.52. The first-order valence-electron chi connectivity index (χ1n) is 7.03. The maximum absolute atomic E-state index is 12.1. The molecule has 0 aliphatic carbocycles. The van der Waals surface area contributed by atoms with Gasteiger partial charge in [-0.1, -0.05) is 20.8 Å². The van der Waals surface area contributed by atoms with Crippen molar-refractivity contribution in [3.63, 3.8) is 0 Å². The third kappa shape index (κ3) is 4.05. The maximum atomic E-state index is 12.1. The van der Waals surface area contributed by atoms with Crippen LogP contribution in [0.1, 0.15) is 38.8 Å². The van der Waals surface area contributed by atoms with E-state index in [9.17, 15) is 4.79 Å². The lowest BCUT2D eigenvalue weighted by Gasteiger charge is -2.19. The lowest BCUT2D eigenvalue weighted by molar-refractivity contribution is -0.134. The van der Waals surface area contributed by atoms with Gasteiger partial charge in [-0.25, -0.2) is 10.4 Å². The van der Waals surface area contributed by atoms with Crippen LogP contribution in [0.25, 0.3) is 0 Å². The van der Waals surface area contributed by atoms with Crippen LogP contribution in [-0.4, -0.2) is 42.2 Å². The highest BCUT2D eigenvalue weighted by molar-refractivity contribution is 5.75. The topological polar surface area (TPSA) is 67.6 Å². The first kappa shape index (κ1) is 15.0. The number of ether oxygens (including phenoxy) is 1. The second-order valence-electron chi connectivity index (χ2n) is 5.93. The quantitative estimate of drug-likeness (QED) is 0.903. The van der Waals surface area contributed by atoms with Gasteiger partial charge in [-0.05, 0) is 0 Å². The molecule has 1 fully saturated rings. The van der Waals surface area contributed by atoms with Gasteiger partial charge in [-0.15, -0.1) is 0 Å². The van der Waals surface area contributed by atoms with Gasteiger partial charge in [0, 0.05) is 24.8 Å². The molecule has 1 amide bonds. The lowest BCUT2D eigenvalue weighted by Crippen LogP contribution is -2.43. The van der Waals surface area contributed by atoms with E-state index in [1.165, 1.54) is 0 Å². The molecule has 1 aliphatic heterocycles. The average molecular weight is 281 g/mol. The summed E-state index contributed by atoms with van der Waals surface area (Å²) in [5, 5.41) is 1.63. The van der Waals surface area contributed by atoms with Gasteiger partial charge in [0.2, 0.25) is 5.91 Å². The summed E-state index contributed by atoms with van der Waals surface area (Å²) in [6, 6.07) is 0. The molecule has 1 saturated heterocycles. The number of hydrogen-bond acceptors (Lipinski definition) is 5. The van der Waals surface area contributed by atoms with E-state index in [0.717, 1.165) is 5.76 Å². The van der Waals surface area contributed by atoms with Gasteiger partial charge in [0.25, 0.3) is 0 Å². The fraction of sp³-hybridized carbons (Fsp3) is 0.714. The number of carbonyl (C=O) groups excluding carboxylic acids is 1. The second kappa shape index (κ2) is 6.37. The zero-order valence-electron chi connectivity index (χ0n) is 12.4. The molecule has 0 atom stereocenters. The van der Waals surface area contributed by atoms with Crippen LogP contribution < -0.4 is 5.43 Å². The molecule has 0 spiro atoms. The van der Waals surface area contributed by atoms with Crippen molar-refractivity contribution in [1.29, 1.82) is 0 Å². The highest BCUT2D eigenvalue weighted by atomic mass is 16.5. The first-order valence-corrected chi connectivity index (χ1v) is 7.03. The molecule has 6 nitrogen and oxygen atoms in total. The van der Waals surface area contributed by atoms with E-state index >= 15 is 0 Å². The van der Waals surface area contributed by atoms with Gasteiger partial charge in [0.1, 0.15) is 5.76 Å². The zero-order chi connectivity index (χ0) is 14.6. The minimum absolute atomic E-state index is 0.0472. The first-order chi connectivity index (χ1) is 9.47. The van der Waals surface area contributed by atoms with E-state index in [2.05, 4.69) is 31.2 Å². The molecule has 2 heterocycles. The summed E-state index contributed by atoms with van der Waals surface area (Å²) in [6.07, 6.45) is 2.66. The highest BCUT2D eigenvalue weighted by Gasteiger charge is 2.20. The van der Waals surface area contributed by atoms with E-state index < -0.39 is 0 Å². The molecule has 20 heavy (non-hydrogen) atoms. The standard InChI is InChI=1S/C14H23N3O3/c1-14(2,3)11-10-15-12(20-11)4-5-13(18)17-7-9-19-8-6-16-17/h10,16H,4-9H2,1-3H3. The zero-order valence-corrected chi connectivity index (χ0v) is 12.4. The van der Waals surface area contributed by atoms with E-state index in [-0.39, 0.29) is 11.3 Å². The number of aryl methyl sites for hydroxylation is 1. The van der Waals surface area contributed by atoms with Crippen molar-refractivity contribution < 1.29 is 13.9 Å². The molecule has 1 aromatic rings. The maximum Gasteiger partial charge on any atom is 0.237 e. The van der Waals surface area contributed by atoms with Crippen molar-refractivity contribution in [3.05, 3.63) is 17.8 Å². The molecule has 1 N–H and O–H groups in total. The van der Waals surface area contributed by atoms with Gasteiger partial charge >= 0.3 is 0 Å². The second-order valence-corrected chi connectivity index (χ2v) is 5.93. The van der Waals surface area contributed by atoms with Gasteiger partial charge < -0.3 is 9.15 Å². The molecule has 1 aromatic heterocycles. The van der Waals surface area contributed by atoms with Crippen molar-refractivity contribution >= 4 is 5.91 Å². The normalized spacial score (nSPS) is 17.1. The van der Waals surface area contributed by atoms with Gasteiger partial charge in [0.05, 0.1) is 26.0 Å². The summed E-state index contributed by atoms with van der Waals surface area (Å²) in [5.41, 5.74) is 3.00. The third-order valence-electron chi connectivity index (χ3n) is 3.15. The Balaban J connectivity index is 1.85. The predicted molar refractivity (Wildman–Crippen MR) is 74.1 cm³/mol. The number of hydrogen-bond donors (Lipinski definition) is 1. The van der Waals surface area contributed by atoms with Crippen molar-refractivity contribution in [3.8, 4) is 0 Å². The molecule has 0 radical (unpaired) electrons. The molecule has 0 saturated carbocycles. The fourth-order valence-corrected chi connectivity index (χ4v) is 1.92. The Morgan fingerprint density at radius 1 is 1.45 bits per heavy atom. The minimum Gasteiger partial charge on any atom is -0.445 e. The van der Waals surface area contributed by atoms with Crippen LogP contribution in [0.15, 0.2) is 10.6 Å². The average Bonchev–Trinajstić information content (AvgIpc) is 2.70. The van der Waals surface area contributed by atoms with Crippen LogP contribution in [0.2, 0.25) is 0 Å². The number of nitrogens with zero attached hydrogens (tertiary/aromatic N) is 2. The summed E-state index contributed by atoms with van der Waals surface area (Å²) >= 11 is 0.